The summed E-state index contributed by atoms with van der Waals surface area (Å²) in [6, 6.07) is 42.5. The van der Waals surface area contributed by atoms with Crippen LogP contribution >= 0.6 is 0 Å². The van der Waals surface area contributed by atoms with E-state index in [1.54, 1.807) is 0 Å². The van der Waals surface area contributed by atoms with E-state index in [4.69, 9.17) is 29.9 Å². The van der Waals surface area contributed by atoms with Crippen molar-refractivity contribution in [3.05, 3.63) is 188 Å². The first-order valence-corrected chi connectivity index (χ1v) is 18.1. The van der Waals surface area contributed by atoms with E-state index in [1.807, 2.05) is 37.2 Å². The van der Waals surface area contributed by atoms with E-state index < -0.39 is 0 Å². The summed E-state index contributed by atoms with van der Waals surface area (Å²) in [6.45, 7) is 0. The van der Waals surface area contributed by atoms with Crippen molar-refractivity contribution in [2.75, 3.05) is 0 Å². The lowest BCUT2D eigenvalue weighted by molar-refractivity contribution is 0.855. The van der Waals surface area contributed by atoms with Gasteiger partial charge >= 0.3 is 0 Å². The van der Waals surface area contributed by atoms with Crippen LogP contribution in [0.2, 0.25) is 0 Å². The van der Waals surface area contributed by atoms with Crippen molar-refractivity contribution < 1.29 is 0 Å². The Kier molecular flexibility index (Phi) is 7.84. The number of aromatic nitrogens is 6. The molecule has 1 atom stereocenters. The summed E-state index contributed by atoms with van der Waals surface area (Å²) in [7, 11) is 0. The monoisotopic (exact) mass is 692 g/mol. The molecule has 0 saturated carbocycles. The summed E-state index contributed by atoms with van der Waals surface area (Å²) in [5.41, 5.74) is 17.1. The first-order valence-electron chi connectivity index (χ1n) is 18.1. The van der Waals surface area contributed by atoms with E-state index in [2.05, 4.69) is 140 Å². The molecule has 0 saturated heterocycles. The predicted molar refractivity (Wildman–Crippen MR) is 216 cm³/mol. The molecule has 8 aromatic rings. The second-order valence-electron chi connectivity index (χ2n) is 13.7. The van der Waals surface area contributed by atoms with Crippen LogP contribution < -0.4 is 0 Å². The Labute approximate surface area is 313 Å². The van der Waals surface area contributed by atoms with Gasteiger partial charge in [0.25, 0.3) is 0 Å². The van der Waals surface area contributed by atoms with Gasteiger partial charge in [0.1, 0.15) is 0 Å². The fraction of sp³-hybridized carbons (Fsp3) is 0.0417. The maximum atomic E-state index is 4.78. The standard InChI is InChI=1S/C48H32N6/c1-13-37-14-2-31(1)32-3-15-38(16-4-32)45-27-52-46(28-51-45)40-19-7-35(8-20-40)36-11-23-42(24-12-36)48-30-53-47(29-54-48)41-21-9-34(10-22-41)33-5-17-39(18-6-33)44-26-49-43(37)25-50-44/h1-11,13-30,36H,12H2. The topological polar surface area (TPSA) is 77.3 Å². The third-order valence-electron chi connectivity index (χ3n) is 10.4. The van der Waals surface area contributed by atoms with Gasteiger partial charge in [-0.25, -0.2) is 0 Å². The van der Waals surface area contributed by atoms with Gasteiger partial charge in [-0.15, -0.1) is 0 Å². The molecule has 0 radical (unpaired) electrons. The van der Waals surface area contributed by atoms with E-state index in [9.17, 15) is 0 Å². The smallest absolute Gasteiger partial charge is 0.0885 e. The summed E-state index contributed by atoms with van der Waals surface area (Å²) in [5.74, 6) is 0.297. The molecule has 0 spiro atoms. The van der Waals surface area contributed by atoms with E-state index in [0.717, 1.165) is 96.2 Å². The van der Waals surface area contributed by atoms with Crippen LogP contribution in [0.1, 0.15) is 23.6 Å². The number of hydrogen-bond acceptors (Lipinski definition) is 6. The van der Waals surface area contributed by atoms with Gasteiger partial charge in [-0.3, -0.25) is 29.9 Å². The van der Waals surface area contributed by atoms with Gasteiger partial charge in [0.15, 0.2) is 0 Å². The molecule has 0 amide bonds. The molecule has 26 aliphatic rings. The van der Waals surface area contributed by atoms with Gasteiger partial charge in [0, 0.05) is 33.7 Å². The number of hydrogen-bond donors (Lipinski definition) is 0. The minimum Gasteiger partial charge on any atom is -0.252 e. The van der Waals surface area contributed by atoms with Crippen molar-refractivity contribution in [3.8, 4) is 78.5 Å². The van der Waals surface area contributed by atoms with Crippen LogP contribution in [-0.2, 0) is 0 Å². The van der Waals surface area contributed by atoms with Crippen LogP contribution in [0.15, 0.2) is 177 Å². The molecule has 34 rings (SSSR count). The Morgan fingerprint density at radius 2 is 0.593 bits per heavy atom. The molecule has 18 bridgehead atoms. The summed E-state index contributed by atoms with van der Waals surface area (Å²) in [4.78, 5) is 28.6. The van der Waals surface area contributed by atoms with E-state index in [0.29, 0.717) is 5.92 Å². The second kappa shape index (κ2) is 13.4. The van der Waals surface area contributed by atoms with Crippen LogP contribution in [0.5, 0.6) is 0 Å². The Morgan fingerprint density at radius 1 is 0.315 bits per heavy atom. The first-order chi connectivity index (χ1) is 26.7. The van der Waals surface area contributed by atoms with Crippen molar-refractivity contribution in [2.45, 2.75) is 12.3 Å². The third kappa shape index (κ3) is 6.10. The second-order valence-corrected chi connectivity index (χ2v) is 13.7. The number of rotatable bonds is 0. The van der Waals surface area contributed by atoms with Crippen LogP contribution in [0, 0.1) is 0 Å². The van der Waals surface area contributed by atoms with Gasteiger partial charge in [0.05, 0.1) is 71.3 Å². The normalized spacial score (nSPS) is 14.1. The average Bonchev–Trinajstić information content (AvgIpc) is 3.27. The zero-order chi connectivity index (χ0) is 35.8. The zero-order valence-corrected chi connectivity index (χ0v) is 29.2. The van der Waals surface area contributed by atoms with Gasteiger partial charge < -0.3 is 0 Å². The fourth-order valence-corrected chi connectivity index (χ4v) is 7.17. The molecule has 0 fully saturated rings. The van der Waals surface area contributed by atoms with Crippen LogP contribution in [0.25, 0.3) is 84.1 Å². The van der Waals surface area contributed by atoms with E-state index >= 15 is 0 Å². The molecule has 25 aliphatic heterocycles. The Balaban J connectivity index is 0.969. The molecule has 6 nitrogen and oxygen atoms in total. The van der Waals surface area contributed by atoms with Gasteiger partial charge in [-0.05, 0) is 39.8 Å². The molecule has 54 heavy (non-hydrogen) atoms. The van der Waals surface area contributed by atoms with Crippen LogP contribution in [-0.4, -0.2) is 29.9 Å². The lowest BCUT2D eigenvalue weighted by Crippen LogP contribution is -2.00. The molecule has 1 unspecified atom stereocenters. The number of benzene rings is 5. The summed E-state index contributed by atoms with van der Waals surface area (Å²) < 4.78 is 0. The van der Waals surface area contributed by atoms with Crippen LogP contribution in [0.4, 0.5) is 0 Å². The highest BCUT2D eigenvalue weighted by Gasteiger charge is 2.15. The molecule has 1 aliphatic carbocycles. The third-order valence-corrected chi connectivity index (χ3v) is 10.4. The lowest BCUT2D eigenvalue weighted by Gasteiger charge is -2.17. The predicted octanol–water partition coefficient (Wildman–Crippen LogP) is 11.2. The molecule has 0 N–H and O–H groups in total. The minimum absolute atomic E-state index is 0.297. The van der Waals surface area contributed by atoms with Crippen molar-refractivity contribution in [3.63, 3.8) is 0 Å². The largest absolute Gasteiger partial charge is 0.252 e. The molecule has 6 heteroatoms. The SMILES string of the molecule is C1=CC2CC=C1c1cnc(cn1)-c1ccc(cc1)-c1ccc(cc1)-c1cnc(cn1)-c1ccc(cc1)-c1ccc(cc1)-c1cnc(cn1)-c1ccc2cc1. The van der Waals surface area contributed by atoms with Gasteiger partial charge in [-0.1, -0.05) is 140 Å². The van der Waals surface area contributed by atoms with Crippen molar-refractivity contribution in [1.29, 1.82) is 0 Å². The molecular formula is C48H32N6. The van der Waals surface area contributed by atoms with E-state index in [1.165, 1.54) is 5.56 Å². The molecular weight excluding hydrogens is 661 g/mol. The van der Waals surface area contributed by atoms with Crippen molar-refractivity contribution in [2.24, 2.45) is 0 Å². The molecule has 3 aromatic heterocycles. The number of nitrogens with zero attached hydrogens (tertiary/aromatic N) is 6. The Hall–Kier alpha value is -7.18. The van der Waals surface area contributed by atoms with Crippen LogP contribution in [0.3, 0.4) is 0 Å². The molecule has 5 aromatic carbocycles. The summed E-state index contributed by atoms with van der Waals surface area (Å²) in [5, 5.41) is 0. The highest BCUT2D eigenvalue weighted by atomic mass is 14.8. The highest BCUT2D eigenvalue weighted by molar-refractivity contribution is 5.76. The van der Waals surface area contributed by atoms with Gasteiger partial charge in [-0.2, -0.15) is 0 Å². The maximum absolute atomic E-state index is 4.78. The first kappa shape index (κ1) is 31.5. The average molecular weight is 693 g/mol. The molecule has 28 heterocycles. The summed E-state index contributed by atoms with van der Waals surface area (Å²) in [6.07, 6.45) is 18.7. The van der Waals surface area contributed by atoms with Gasteiger partial charge in [0.2, 0.25) is 0 Å². The maximum Gasteiger partial charge on any atom is 0.0885 e. The van der Waals surface area contributed by atoms with Crippen molar-refractivity contribution >= 4 is 5.57 Å². The molecule has 254 valence electrons. The van der Waals surface area contributed by atoms with E-state index in [-0.39, 0.29) is 0 Å². The fourth-order valence-electron chi connectivity index (χ4n) is 7.17. The Bertz CT molecular complexity index is 2640. The minimum atomic E-state index is 0.297. The zero-order valence-electron chi connectivity index (χ0n) is 29.2. The summed E-state index contributed by atoms with van der Waals surface area (Å²) >= 11 is 0. The lowest BCUT2D eigenvalue weighted by atomic mass is 9.89. The Morgan fingerprint density at radius 3 is 0.870 bits per heavy atom. The van der Waals surface area contributed by atoms with Crippen molar-refractivity contribution in [1.82, 2.24) is 29.9 Å². The highest BCUT2D eigenvalue weighted by Crippen LogP contribution is 2.33. The number of allylic oxidation sites excluding steroid dienone is 4. The quantitative estimate of drug-likeness (QED) is 0.157.